The van der Waals surface area contributed by atoms with Crippen molar-refractivity contribution in [3.8, 4) is 0 Å². The molecule has 1 radical (unpaired) electrons. The summed E-state index contributed by atoms with van der Waals surface area (Å²) in [6.45, 7) is 2.31. The van der Waals surface area contributed by atoms with Crippen molar-refractivity contribution in [2.45, 2.75) is 13.0 Å². The number of carbonyl (C=O) groups excluding carboxylic acids is 1. The van der Waals surface area contributed by atoms with Crippen molar-refractivity contribution in [2.75, 3.05) is 6.54 Å². The van der Waals surface area contributed by atoms with Gasteiger partial charge in [0.25, 0.3) is 0 Å². The van der Waals surface area contributed by atoms with Crippen LogP contribution < -0.4 is 11.1 Å². The number of hydrogen-bond acceptors (Lipinski definition) is 2. The van der Waals surface area contributed by atoms with E-state index in [0.717, 1.165) is 0 Å². The summed E-state index contributed by atoms with van der Waals surface area (Å²) >= 11 is 0. The van der Waals surface area contributed by atoms with Gasteiger partial charge in [0.15, 0.2) is 0 Å². The maximum atomic E-state index is 9.42. The fourth-order valence-corrected chi connectivity index (χ4v) is 0.203. The lowest BCUT2D eigenvalue weighted by atomic mass is 10.4. The summed E-state index contributed by atoms with van der Waals surface area (Å²) in [5.74, 6) is 0. The first kappa shape index (κ1) is 6.43. The number of nitrogens with two attached hydrogens (primary N) is 1. The van der Waals surface area contributed by atoms with Crippen LogP contribution in [0.2, 0.25) is 0 Å². The summed E-state index contributed by atoms with van der Waals surface area (Å²) in [5, 5.41) is 2.32. The quantitative estimate of drug-likeness (QED) is 0.447. The van der Waals surface area contributed by atoms with E-state index in [-0.39, 0.29) is 6.04 Å². The van der Waals surface area contributed by atoms with Gasteiger partial charge in [-0.3, -0.25) is 4.79 Å². The Morgan fingerprint density at radius 2 is 2.57 bits per heavy atom. The highest BCUT2D eigenvalue weighted by atomic mass is 16.1. The first-order chi connectivity index (χ1) is 3.27. The lowest BCUT2D eigenvalue weighted by molar-refractivity contribution is 0.536. The standard InChI is InChI=1S/C4H9N2O/c1-4(5)2-6-3-7/h4H,2,5H2,1H3,(H,6,7). The normalized spacial score (nSPS) is 12.9. The van der Waals surface area contributed by atoms with E-state index in [4.69, 9.17) is 5.73 Å². The summed E-state index contributed by atoms with van der Waals surface area (Å²) in [7, 11) is 0. The van der Waals surface area contributed by atoms with Gasteiger partial charge in [0, 0.05) is 12.6 Å². The van der Waals surface area contributed by atoms with E-state index in [1.807, 2.05) is 6.92 Å². The van der Waals surface area contributed by atoms with Gasteiger partial charge in [0.1, 0.15) is 0 Å². The summed E-state index contributed by atoms with van der Waals surface area (Å²) < 4.78 is 0. The van der Waals surface area contributed by atoms with Gasteiger partial charge in [-0.15, -0.1) is 0 Å². The molecule has 0 saturated heterocycles. The Hall–Kier alpha value is -0.570. The zero-order chi connectivity index (χ0) is 5.70. The monoisotopic (exact) mass is 101 g/mol. The predicted molar refractivity (Wildman–Crippen MR) is 27.3 cm³/mol. The van der Waals surface area contributed by atoms with Crippen LogP contribution in [-0.4, -0.2) is 19.0 Å². The Kier molecular flexibility index (Phi) is 3.32. The second-order valence-electron chi connectivity index (χ2n) is 1.46. The third-order valence-electron chi connectivity index (χ3n) is 0.496. The summed E-state index contributed by atoms with van der Waals surface area (Å²) in [4.78, 5) is 9.42. The minimum atomic E-state index is 0.0291. The molecular formula is C4H9N2O. The highest BCUT2D eigenvalue weighted by molar-refractivity contribution is 5.46. The van der Waals surface area contributed by atoms with Crippen LogP contribution in [0.4, 0.5) is 0 Å². The SMILES string of the molecule is CC(N)CN[C]=O. The molecule has 41 valence electrons. The summed E-state index contributed by atoms with van der Waals surface area (Å²) in [5.41, 5.74) is 5.24. The molecule has 0 spiro atoms. The van der Waals surface area contributed by atoms with Crippen molar-refractivity contribution in [3.63, 3.8) is 0 Å². The molecule has 3 nitrogen and oxygen atoms in total. The topological polar surface area (TPSA) is 55.1 Å². The average molecular weight is 101 g/mol. The van der Waals surface area contributed by atoms with Gasteiger partial charge in [-0.05, 0) is 6.92 Å². The molecule has 1 amide bonds. The molecule has 1 atom stereocenters. The molecule has 0 rings (SSSR count). The van der Waals surface area contributed by atoms with E-state index in [1.165, 1.54) is 6.41 Å². The molecule has 3 heteroatoms. The van der Waals surface area contributed by atoms with Crippen molar-refractivity contribution in [1.29, 1.82) is 0 Å². The van der Waals surface area contributed by atoms with Crippen molar-refractivity contribution in [2.24, 2.45) is 5.73 Å². The van der Waals surface area contributed by atoms with Crippen molar-refractivity contribution in [1.82, 2.24) is 5.32 Å². The summed E-state index contributed by atoms with van der Waals surface area (Å²) in [6, 6.07) is 0.0291. The first-order valence-electron chi connectivity index (χ1n) is 2.13. The van der Waals surface area contributed by atoms with Crippen molar-refractivity contribution < 1.29 is 4.79 Å². The number of amides is 1. The minimum absolute atomic E-state index is 0.0291. The first-order valence-corrected chi connectivity index (χ1v) is 2.13. The molecule has 0 bridgehead atoms. The van der Waals surface area contributed by atoms with Crippen LogP contribution in [0.15, 0.2) is 0 Å². The van der Waals surface area contributed by atoms with Gasteiger partial charge >= 0.3 is 6.41 Å². The molecule has 3 N–H and O–H groups in total. The Bertz CT molecular complexity index is 53.7. The predicted octanol–water partition coefficient (Wildman–Crippen LogP) is -1.01. The minimum Gasteiger partial charge on any atom is -0.346 e. The fourth-order valence-electron chi connectivity index (χ4n) is 0.203. The zero-order valence-electron chi connectivity index (χ0n) is 4.27. The van der Waals surface area contributed by atoms with E-state index in [0.29, 0.717) is 6.54 Å². The third-order valence-corrected chi connectivity index (χ3v) is 0.496. The maximum absolute atomic E-state index is 9.42. The molecule has 0 fully saturated rings. The average Bonchev–Trinajstić information content (AvgIpc) is 1.61. The largest absolute Gasteiger partial charge is 0.346 e. The van der Waals surface area contributed by atoms with E-state index in [9.17, 15) is 4.79 Å². The van der Waals surface area contributed by atoms with Crippen molar-refractivity contribution >= 4 is 6.41 Å². The second kappa shape index (κ2) is 3.61. The molecule has 1 unspecified atom stereocenters. The van der Waals surface area contributed by atoms with Gasteiger partial charge in [-0.25, -0.2) is 0 Å². The van der Waals surface area contributed by atoms with Crippen LogP contribution in [0.25, 0.3) is 0 Å². The highest BCUT2D eigenvalue weighted by Gasteiger charge is 1.87. The van der Waals surface area contributed by atoms with E-state index < -0.39 is 0 Å². The van der Waals surface area contributed by atoms with Gasteiger partial charge in [0.05, 0.1) is 0 Å². The lowest BCUT2D eigenvalue weighted by Gasteiger charge is -1.98. The molecule has 0 aromatic rings. The van der Waals surface area contributed by atoms with Crippen LogP contribution in [0.5, 0.6) is 0 Å². The van der Waals surface area contributed by atoms with Crippen LogP contribution in [0, 0.1) is 0 Å². The maximum Gasteiger partial charge on any atom is 0.309 e. The highest BCUT2D eigenvalue weighted by Crippen LogP contribution is 1.64. The molecule has 0 saturated carbocycles. The van der Waals surface area contributed by atoms with Crippen molar-refractivity contribution in [3.05, 3.63) is 0 Å². The molecule has 0 aliphatic heterocycles. The Balaban J connectivity index is 2.81. The summed E-state index contributed by atoms with van der Waals surface area (Å²) in [6.07, 6.45) is 1.52. The molecular weight excluding hydrogens is 92.1 g/mol. The molecule has 0 aliphatic carbocycles. The Morgan fingerprint density at radius 3 is 2.71 bits per heavy atom. The molecule has 0 aliphatic rings. The van der Waals surface area contributed by atoms with Gasteiger partial charge in [0.2, 0.25) is 0 Å². The van der Waals surface area contributed by atoms with E-state index in [1.54, 1.807) is 0 Å². The fraction of sp³-hybridized carbons (Fsp3) is 0.750. The molecule has 0 aromatic carbocycles. The van der Waals surface area contributed by atoms with Crippen LogP contribution >= 0.6 is 0 Å². The lowest BCUT2D eigenvalue weighted by Crippen LogP contribution is -2.29. The molecule has 0 aromatic heterocycles. The van der Waals surface area contributed by atoms with E-state index >= 15 is 0 Å². The van der Waals surface area contributed by atoms with Gasteiger partial charge in [-0.2, -0.15) is 0 Å². The Labute approximate surface area is 42.9 Å². The number of nitrogens with one attached hydrogen (secondary N) is 1. The Morgan fingerprint density at radius 1 is 2.00 bits per heavy atom. The van der Waals surface area contributed by atoms with Crippen LogP contribution in [0.3, 0.4) is 0 Å². The third kappa shape index (κ3) is 5.43. The molecule has 7 heavy (non-hydrogen) atoms. The van der Waals surface area contributed by atoms with Crippen LogP contribution in [-0.2, 0) is 4.79 Å². The van der Waals surface area contributed by atoms with Gasteiger partial charge in [-0.1, -0.05) is 0 Å². The zero-order valence-corrected chi connectivity index (χ0v) is 4.27. The number of rotatable bonds is 3. The molecule has 0 heterocycles. The van der Waals surface area contributed by atoms with Gasteiger partial charge < -0.3 is 11.1 Å². The van der Waals surface area contributed by atoms with E-state index in [2.05, 4.69) is 5.32 Å². The number of hydrogen-bond donors (Lipinski definition) is 2. The second-order valence-corrected chi connectivity index (χ2v) is 1.46. The van der Waals surface area contributed by atoms with Crippen LogP contribution in [0.1, 0.15) is 6.92 Å². The smallest absolute Gasteiger partial charge is 0.309 e.